The molecule has 3 unspecified atom stereocenters. The van der Waals surface area contributed by atoms with Gasteiger partial charge in [-0.2, -0.15) is 0 Å². The van der Waals surface area contributed by atoms with Crippen LogP contribution in [0.15, 0.2) is 0 Å². The lowest BCUT2D eigenvalue weighted by Crippen LogP contribution is -2.45. The standard InChI is InChI=1S/C12H25NO3S2/c1-3-8-13-11-6-4-5-7-12(11)17(14)9-10-18(2,15)16/h11-13H,3-10H2,1-2H3. The van der Waals surface area contributed by atoms with E-state index in [4.69, 9.17) is 0 Å². The summed E-state index contributed by atoms with van der Waals surface area (Å²) in [7, 11) is -4.03. The largest absolute Gasteiger partial charge is 0.313 e. The molecule has 1 N–H and O–H groups in total. The Balaban J connectivity index is 2.51. The van der Waals surface area contributed by atoms with Gasteiger partial charge in [-0.05, 0) is 25.8 Å². The van der Waals surface area contributed by atoms with E-state index in [0.29, 0.717) is 6.04 Å². The Bertz CT molecular complexity index is 368. The van der Waals surface area contributed by atoms with Gasteiger partial charge < -0.3 is 5.32 Å². The quantitative estimate of drug-likeness (QED) is 0.764. The van der Waals surface area contributed by atoms with Crippen molar-refractivity contribution in [2.75, 3.05) is 24.3 Å². The molecule has 1 saturated carbocycles. The van der Waals surface area contributed by atoms with Crippen LogP contribution in [0.25, 0.3) is 0 Å². The van der Waals surface area contributed by atoms with Crippen molar-refractivity contribution in [3.63, 3.8) is 0 Å². The SMILES string of the molecule is CCCNC1CCCCC1S(=O)CCS(C)(=O)=O. The fraction of sp³-hybridized carbons (Fsp3) is 1.00. The van der Waals surface area contributed by atoms with E-state index in [1.54, 1.807) is 0 Å². The van der Waals surface area contributed by atoms with Crippen LogP contribution in [0.5, 0.6) is 0 Å². The number of hydrogen-bond acceptors (Lipinski definition) is 4. The van der Waals surface area contributed by atoms with Crippen LogP contribution in [0.4, 0.5) is 0 Å². The van der Waals surface area contributed by atoms with Gasteiger partial charge in [-0.1, -0.05) is 19.8 Å². The van der Waals surface area contributed by atoms with Crippen molar-refractivity contribution in [2.24, 2.45) is 0 Å². The van der Waals surface area contributed by atoms with E-state index in [2.05, 4.69) is 12.2 Å². The van der Waals surface area contributed by atoms with Crippen molar-refractivity contribution < 1.29 is 12.6 Å². The summed E-state index contributed by atoms with van der Waals surface area (Å²) >= 11 is 0. The smallest absolute Gasteiger partial charge is 0.148 e. The van der Waals surface area contributed by atoms with E-state index in [0.717, 1.165) is 32.2 Å². The molecule has 0 heterocycles. The predicted octanol–water partition coefficient (Wildman–Crippen LogP) is 1.09. The molecule has 0 saturated heterocycles. The molecular weight excluding hydrogens is 270 g/mol. The van der Waals surface area contributed by atoms with E-state index < -0.39 is 20.6 Å². The van der Waals surface area contributed by atoms with E-state index in [1.165, 1.54) is 12.7 Å². The first-order valence-electron chi connectivity index (χ1n) is 6.72. The van der Waals surface area contributed by atoms with Crippen molar-refractivity contribution in [2.45, 2.75) is 50.3 Å². The van der Waals surface area contributed by atoms with Gasteiger partial charge in [-0.3, -0.25) is 4.21 Å². The highest BCUT2D eigenvalue weighted by Gasteiger charge is 2.29. The second-order valence-electron chi connectivity index (χ2n) is 5.10. The van der Waals surface area contributed by atoms with Gasteiger partial charge >= 0.3 is 0 Å². The predicted molar refractivity (Wildman–Crippen MR) is 77.1 cm³/mol. The highest BCUT2D eigenvalue weighted by Crippen LogP contribution is 2.23. The van der Waals surface area contributed by atoms with E-state index >= 15 is 0 Å². The van der Waals surface area contributed by atoms with Gasteiger partial charge in [0.1, 0.15) is 9.84 Å². The minimum Gasteiger partial charge on any atom is -0.313 e. The van der Waals surface area contributed by atoms with E-state index in [1.807, 2.05) is 0 Å². The van der Waals surface area contributed by atoms with Crippen LogP contribution >= 0.6 is 0 Å². The minimum atomic E-state index is -3.01. The highest BCUT2D eigenvalue weighted by molar-refractivity contribution is 7.92. The summed E-state index contributed by atoms with van der Waals surface area (Å²) in [5, 5.41) is 3.59. The maximum Gasteiger partial charge on any atom is 0.148 e. The second kappa shape index (κ2) is 7.60. The van der Waals surface area contributed by atoms with Crippen LogP contribution in [-0.2, 0) is 20.6 Å². The molecule has 1 fully saturated rings. The van der Waals surface area contributed by atoms with Crippen molar-refractivity contribution in [1.29, 1.82) is 0 Å². The molecule has 1 aliphatic carbocycles. The van der Waals surface area contributed by atoms with Gasteiger partial charge in [0.05, 0.1) is 11.0 Å². The molecule has 6 heteroatoms. The molecule has 4 nitrogen and oxygen atoms in total. The number of sulfone groups is 1. The summed E-state index contributed by atoms with van der Waals surface area (Å²) in [5.74, 6) is 0.324. The molecule has 0 spiro atoms. The Hall–Kier alpha value is 0.0600. The van der Waals surface area contributed by atoms with Gasteiger partial charge in [0.15, 0.2) is 0 Å². The lowest BCUT2D eigenvalue weighted by Gasteiger charge is -2.31. The molecule has 1 aliphatic rings. The third-order valence-corrected chi connectivity index (χ3v) is 6.40. The van der Waals surface area contributed by atoms with Crippen LogP contribution in [-0.4, -0.2) is 48.2 Å². The first kappa shape index (κ1) is 16.1. The molecule has 0 bridgehead atoms. The molecule has 18 heavy (non-hydrogen) atoms. The Morgan fingerprint density at radius 1 is 1.28 bits per heavy atom. The summed E-state index contributed by atoms with van der Waals surface area (Å²) < 4.78 is 34.5. The molecule has 0 aromatic carbocycles. The van der Waals surface area contributed by atoms with E-state index in [-0.39, 0.29) is 16.8 Å². The molecule has 0 aliphatic heterocycles. The Kier molecular flexibility index (Phi) is 6.81. The highest BCUT2D eigenvalue weighted by atomic mass is 32.2. The molecule has 108 valence electrons. The maximum atomic E-state index is 12.2. The van der Waals surface area contributed by atoms with Crippen molar-refractivity contribution in [1.82, 2.24) is 5.32 Å². The fourth-order valence-electron chi connectivity index (χ4n) is 2.36. The van der Waals surface area contributed by atoms with Crippen LogP contribution in [0.2, 0.25) is 0 Å². The van der Waals surface area contributed by atoms with Gasteiger partial charge in [0.2, 0.25) is 0 Å². The first-order chi connectivity index (χ1) is 8.44. The van der Waals surface area contributed by atoms with Crippen LogP contribution in [0.3, 0.4) is 0 Å². The molecule has 0 amide bonds. The van der Waals surface area contributed by atoms with Crippen LogP contribution < -0.4 is 5.32 Å². The zero-order chi connectivity index (χ0) is 13.6. The van der Waals surface area contributed by atoms with Crippen LogP contribution in [0.1, 0.15) is 39.0 Å². The zero-order valence-corrected chi connectivity index (χ0v) is 13.0. The Morgan fingerprint density at radius 3 is 2.56 bits per heavy atom. The average Bonchev–Trinajstić information content (AvgIpc) is 2.33. The lowest BCUT2D eigenvalue weighted by atomic mass is 9.95. The molecule has 1 rings (SSSR count). The summed E-state index contributed by atoms with van der Waals surface area (Å²) in [4.78, 5) is 0. The van der Waals surface area contributed by atoms with Crippen molar-refractivity contribution in [3.8, 4) is 0 Å². The first-order valence-corrected chi connectivity index (χ1v) is 10.2. The maximum absolute atomic E-state index is 12.2. The van der Waals surface area contributed by atoms with Crippen molar-refractivity contribution >= 4 is 20.6 Å². The molecular formula is C12H25NO3S2. The zero-order valence-electron chi connectivity index (χ0n) is 11.4. The fourth-order valence-corrected chi connectivity index (χ4v) is 5.56. The van der Waals surface area contributed by atoms with Crippen molar-refractivity contribution in [3.05, 3.63) is 0 Å². The van der Waals surface area contributed by atoms with Gasteiger partial charge in [0, 0.05) is 28.9 Å². The summed E-state index contributed by atoms with van der Waals surface area (Å²) in [6.07, 6.45) is 6.59. The number of rotatable bonds is 7. The van der Waals surface area contributed by atoms with Gasteiger partial charge in [-0.25, -0.2) is 8.42 Å². The summed E-state index contributed by atoms with van der Waals surface area (Å²) in [5.41, 5.74) is 0. The molecule has 0 aromatic heterocycles. The Labute approximate surface area is 113 Å². The molecule has 3 atom stereocenters. The topological polar surface area (TPSA) is 63.2 Å². The van der Waals surface area contributed by atoms with Gasteiger partial charge in [0.25, 0.3) is 0 Å². The van der Waals surface area contributed by atoms with E-state index in [9.17, 15) is 12.6 Å². The number of nitrogens with one attached hydrogen (secondary N) is 1. The second-order valence-corrected chi connectivity index (χ2v) is 9.13. The third kappa shape index (κ3) is 5.80. The van der Waals surface area contributed by atoms with Crippen LogP contribution in [0, 0.1) is 0 Å². The normalized spacial score (nSPS) is 27.0. The number of hydrogen-bond donors (Lipinski definition) is 1. The third-order valence-electron chi connectivity index (χ3n) is 3.35. The molecule has 0 radical (unpaired) electrons. The summed E-state index contributed by atoms with van der Waals surface area (Å²) in [6, 6.07) is 0.305. The summed E-state index contributed by atoms with van der Waals surface area (Å²) in [6.45, 7) is 3.07. The van der Waals surface area contributed by atoms with Gasteiger partial charge in [-0.15, -0.1) is 0 Å². The molecule has 0 aromatic rings. The minimum absolute atomic E-state index is 0.0383. The monoisotopic (exact) mass is 295 g/mol. The lowest BCUT2D eigenvalue weighted by molar-refractivity contribution is 0.379. The average molecular weight is 295 g/mol. The Morgan fingerprint density at radius 2 is 1.94 bits per heavy atom.